The predicted octanol–water partition coefficient (Wildman–Crippen LogP) is 2.08. The molecular formula is C12H16ClN3OS. The minimum Gasteiger partial charge on any atom is -0.376 e. The average Bonchev–Trinajstić information content (AvgIpc) is 2.35. The summed E-state index contributed by atoms with van der Waals surface area (Å²) in [5.74, 6) is 4.33. The van der Waals surface area contributed by atoms with Crippen LogP contribution >= 0.6 is 23.4 Å². The summed E-state index contributed by atoms with van der Waals surface area (Å²) in [4.78, 5) is 12.0. The van der Waals surface area contributed by atoms with E-state index in [1.807, 2.05) is 6.92 Å². The zero-order chi connectivity index (χ0) is 13.5. The number of rotatable bonds is 6. The Morgan fingerprint density at radius 1 is 1.72 bits per heavy atom. The Bertz CT molecular complexity index is 495. The Morgan fingerprint density at radius 3 is 3.06 bits per heavy atom. The fourth-order valence-corrected chi connectivity index (χ4v) is 2.23. The van der Waals surface area contributed by atoms with Gasteiger partial charge in [0.05, 0.1) is 11.2 Å². The highest BCUT2D eigenvalue weighted by Gasteiger charge is 2.12. The van der Waals surface area contributed by atoms with Crippen molar-refractivity contribution < 1.29 is 0 Å². The minimum absolute atomic E-state index is 0.142. The molecule has 0 aliphatic rings. The topological polar surface area (TPSA) is 46.9 Å². The molecule has 6 heteroatoms. The van der Waals surface area contributed by atoms with Crippen molar-refractivity contribution in [2.75, 3.05) is 16.8 Å². The summed E-state index contributed by atoms with van der Waals surface area (Å²) in [5.41, 5.74) is 0.0833. The molecule has 1 atom stereocenters. The molecule has 1 heterocycles. The highest BCUT2D eigenvalue weighted by molar-refractivity contribution is 7.99. The highest BCUT2D eigenvalue weighted by Crippen LogP contribution is 2.17. The van der Waals surface area contributed by atoms with E-state index in [1.54, 1.807) is 11.8 Å². The summed E-state index contributed by atoms with van der Waals surface area (Å²) >= 11 is 7.78. The van der Waals surface area contributed by atoms with Gasteiger partial charge >= 0.3 is 0 Å². The highest BCUT2D eigenvalue weighted by atomic mass is 35.5. The Morgan fingerprint density at radius 2 is 2.44 bits per heavy atom. The van der Waals surface area contributed by atoms with Crippen molar-refractivity contribution in [3.8, 4) is 12.3 Å². The van der Waals surface area contributed by atoms with E-state index in [-0.39, 0.29) is 18.1 Å². The van der Waals surface area contributed by atoms with Gasteiger partial charge in [0.2, 0.25) is 0 Å². The van der Waals surface area contributed by atoms with Crippen molar-refractivity contribution in [2.24, 2.45) is 0 Å². The largest absolute Gasteiger partial charge is 0.376 e. The third-order valence-corrected chi connectivity index (χ3v) is 3.63. The molecule has 0 radical (unpaired) electrons. The van der Waals surface area contributed by atoms with Crippen LogP contribution in [0.2, 0.25) is 5.02 Å². The molecule has 1 N–H and O–H groups in total. The second-order valence-electron chi connectivity index (χ2n) is 3.74. The summed E-state index contributed by atoms with van der Waals surface area (Å²) in [7, 11) is 0. The van der Waals surface area contributed by atoms with Crippen molar-refractivity contribution in [3.63, 3.8) is 0 Å². The number of anilines is 1. The van der Waals surface area contributed by atoms with E-state index in [4.69, 9.17) is 18.0 Å². The first kappa shape index (κ1) is 14.9. The van der Waals surface area contributed by atoms with Crippen molar-refractivity contribution in [1.82, 2.24) is 9.78 Å². The van der Waals surface area contributed by atoms with Gasteiger partial charge in [0, 0.05) is 11.8 Å². The Hall–Kier alpha value is -1.12. The monoisotopic (exact) mass is 285 g/mol. The number of aromatic nitrogens is 2. The van der Waals surface area contributed by atoms with Gasteiger partial charge in [-0.3, -0.25) is 4.79 Å². The van der Waals surface area contributed by atoms with Crippen LogP contribution in [0.5, 0.6) is 0 Å². The lowest BCUT2D eigenvalue weighted by Crippen LogP contribution is -2.29. The number of hydrogen-bond donors (Lipinski definition) is 1. The quantitative estimate of drug-likeness (QED) is 0.813. The fraction of sp³-hybridized carbons (Fsp3) is 0.500. The van der Waals surface area contributed by atoms with Gasteiger partial charge in [-0.15, -0.1) is 6.42 Å². The maximum Gasteiger partial charge on any atom is 0.292 e. The van der Waals surface area contributed by atoms with Gasteiger partial charge in [-0.2, -0.15) is 16.9 Å². The van der Waals surface area contributed by atoms with Gasteiger partial charge < -0.3 is 5.32 Å². The molecule has 98 valence electrons. The molecule has 0 aromatic carbocycles. The van der Waals surface area contributed by atoms with E-state index in [2.05, 4.69) is 23.3 Å². The average molecular weight is 286 g/mol. The van der Waals surface area contributed by atoms with E-state index >= 15 is 0 Å². The first-order valence-corrected chi connectivity index (χ1v) is 7.16. The Kier molecular flexibility index (Phi) is 6.10. The van der Waals surface area contributed by atoms with Crippen molar-refractivity contribution in [2.45, 2.75) is 26.4 Å². The molecule has 1 rings (SSSR count). The first-order valence-electron chi connectivity index (χ1n) is 5.63. The fourth-order valence-electron chi connectivity index (χ4n) is 1.38. The van der Waals surface area contributed by atoms with Crippen molar-refractivity contribution >= 4 is 29.1 Å². The molecule has 0 aliphatic heterocycles. The van der Waals surface area contributed by atoms with Gasteiger partial charge in [-0.05, 0) is 12.7 Å². The van der Waals surface area contributed by atoms with Gasteiger partial charge in [-0.1, -0.05) is 24.4 Å². The lowest BCUT2D eigenvalue weighted by Gasteiger charge is -2.15. The third-order valence-electron chi connectivity index (χ3n) is 2.20. The molecule has 0 fully saturated rings. The summed E-state index contributed by atoms with van der Waals surface area (Å²) in [5, 5.41) is 7.32. The van der Waals surface area contributed by atoms with E-state index in [1.165, 1.54) is 10.9 Å². The molecule has 4 nitrogen and oxygen atoms in total. The second-order valence-corrected chi connectivity index (χ2v) is 5.47. The molecule has 0 bridgehead atoms. The minimum atomic E-state index is -0.284. The van der Waals surface area contributed by atoms with E-state index in [0.717, 1.165) is 11.5 Å². The molecule has 0 saturated carbocycles. The summed E-state index contributed by atoms with van der Waals surface area (Å²) in [6.07, 6.45) is 6.61. The normalized spacial score (nSPS) is 11.9. The third kappa shape index (κ3) is 3.97. The maximum absolute atomic E-state index is 12.0. The van der Waals surface area contributed by atoms with E-state index < -0.39 is 0 Å². The molecular weight excluding hydrogens is 270 g/mol. The maximum atomic E-state index is 12.0. The van der Waals surface area contributed by atoms with Gasteiger partial charge in [-0.25, -0.2) is 4.68 Å². The summed E-state index contributed by atoms with van der Waals surface area (Å²) < 4.78 is 1.22. The molecule has 1 aromatic heterocycles. The van der Waals surface area contributed by atoms with Crippen LogP contribution in [-0.2, 0) is 6.54 Å². The van der Waals surface area contributed by atoms with Crippen LogP contribution in [0.15, 0.2) is 11.0 Å². The molecule has 0 aliphatic carbocycles. The molecule has 0 spiro atoms. The number of nitrogens with zero attached hydrogens (tertiary/aromatic N) is 2. The summed E-state index contributed by atoms with van der Waals surface area (Å²) in [6, 6.07) is 0.154. The van der Waals surface area contributed by atoms with Gasteiger partial charge in [0.25, 0.3) is 5.56 Å². The molecule has 18 heavy (non-hydrogen) atoms. The van der Waals surface area contributed by atoms with E-state index in [9.17, 15) is 4.79 Å². The van der Waals surface area contributed by atoms with Gasteiger partial charge in [0.1, 0.15) is 12.2 Å². The molecule has 1 aromatic rings. The number of halogens is 1. The predicted molar refractivity (Wildman–Crippen MR) is 78.4 cm³/mol. The number of thioether (sulfide) groups is 1. The van der Waals surface area contributed by atoms with E-state index in [0.29, 0.717) is 10.7 Å². The van der Waals surface area contributed by atoms with Crippen molar-refractivity contribution in [1.29, 1.82) is 0 Å². The van der Waals surface area contributed by atoms with Crippen LogP contribution < -0.4 is 10.9 Å². The lowest BCUT2D eigenvalue weighted by atomic mass is 10.3. The zero-order valence-corrected chi connectivity index (χ0v) is 12.0. The van der Waals surface area contributed by atoms with Crippen LogP contribution in [-0.4, -0.2) is 27.3 Å². The first-order chi connectivity index (χ1) is 8.60. The van der Waals surface area contributed by atoms with Crippen LogP contribution in [0, 0.1) is 12.3 Å². The zero-order valence-electron chi connectivity index (χ0n) is 10.4. The van der Waals surface area contributed by atoms with Crippen LogP contribution in [0.1, 0.15) is 13.8 Å². The SMILES string of the molecule is C#CCn1ncc(Cl)c(NC(C)CSCC)c1=O. The second kappa shape index (κ2) is 7.34. The standard InChI is InChI=1S/C12H16ClN3OS/c1-4-6-16-12(17)11(10(13)7-14-16)15-9(3)8-18-5-2/h1,7,9,15H,5-6,8H2,2-3H3. The van der Waals surface area contributed by atoms with Crippen LogP contribution in [0.3, 0.4) is 0 Å². The summed E-state index contributed by atoms with van der Waals surface area (Å²) in [6.45, 7) is 4.24. The molecule has 1 unspecified atom stereocenters. The molecule has 0 amide bonds. The smallest absolute Gasteiger partial charge is 0.292 e. The number of hydrogen-bond acceptors (Lipinski definition) is 4. The Balaban J connectivity index is 2.91. The Labute approximate surface area is 116 Å². The number of nitrogens with one attached hydrogen (secondary N) is 1. The van der Waals surface area contributed by atoms with Crippen molar-refractivity contribution in [3.05, 3.63) is 21.6 Å². The number of terminal acetylenes is 1. The van der Waals surface area contributed by atoms with Gasteiger partial charge in [0.15, 0.2) is 0 Å². The van der Waals surface area contributed by atoms with Crippen LogP contribution in [0.4, 0.5) is 5.69 Å². The lowest BCUT2D eigenvalue weighted by molar-refractivity contribution is 0.662. The molecule has 0 saturated heterocycles. The van der Waals surface area contributed by atoms with Crippen LogP contribution in [0.25, 0.3) is 0 Å².